The Bertz CT molecular complexity index is 494. The number of anilines is 1. The van der Waals surface area contributed by atoms with Crippen LogP contribution in [0.15, 0.2) is 42.5 Å². The summed E-state index contributed by atoms with van der Waals surface area (Å²) in [4.78, 5) is 0. The summed E-state index contributed by atoms with van der Waals surface area (Å²) in [5.74, 6) is 1.53. The van der Waals surface area contributed by atoms with E-state index in [4.69, 9.17) is 22.1 Å². The summed E-state index contributed by atoms with van der Waals surface area (Å²) in [6, 6.07) is 12.8. The van der Waals surface area contributed by atoms with Gasteiger partial charge in [-0.05, 0) is 55.0 Å². The molecule has 0 bridgehead atoms. The van der Waals surface area contributed by atoms with Gasteiger partial charge in [0.2, 0.25) is 0 Å². The van der Waals surface area contributed by atoms with Crippen molar-refractivity contribution >= 4 is 17.3 Å². The van der Waals surface area contributed by atoms with Crippen molar-refractivity contribution in [2.75, 3.05) is 5.73 Å². The monoisotopic (exact) mass is 233 g/mol. The minimum atomic E-state index is 0.722. The first-order valence-electron chi connectivity index (χ1n) is 4.95. The maximum absolute atomic E-state index is 5.93. The molecule has 2 N–H and O–H groups in total. The molecule has 2 nitrogen and oxygen atoms in total. The van der Waals surface area contributed by atoms with Crippen molar-refractivity contribution in [2.45, 2.75) is 6.92 Å². The fraction of sp³-hybridized carbons (Fsp3) is 0.0769. The maximum Gasteiger partial charge on any atom is 0.127 e. The topological polar surface area (TPSA) is 35.2 Å². The molecule has 0 fully saturated rings. The molecule has 0 radical (unpaired) electrons. The summed E-state index contributed by atoms with van der Waals surface area (Å²) in [7, 11) is 0. The highest BCUT2D eigenvalue weighted by molar-refractivity contribution is 6.31. The van der Waals surface area contributed by atoms with E-state index in [9.17, 15) is 0 Å². The number of benzene rings is 2. The maximum atomic E-state index is 5.93. The minimum absolute atomic E-state index is 0.722. The molecule has 0 atom stereocenters. The van der Waals surface area contributed by atoms with Crippen LogP contribution in [0, 0.1) is 6.92 Å². The molecule has 0 aliphatic rings. The van der Waals surface area contributed by atoms with Crippen molar-refractivity contribution < 1.29 is 4.74 Å². The van der Waals surface area contributed by atoms with Gasteiger partial charge in [0.15, 0.2) is 0 Å². The average Bonchev–Trinajstić information content (AvgIpc) is 2.27. The summed E-state index contributed by atoms with van der Waals surface area (Å²) in [6.45, 7) is 1.94. The van der Waals surface area contributed by atoms with E-state index in [1.165, 1.54) is 0 Å². The predicted molar refractivity (Wildman–Crippen MR) is 67.1 cm³/mol. The summed E-state index contributed by atoms with van der Waals surface area (Å²) >= 11 is 5.93. The van der Waals surface area contributed by atoms with Gasteiger partial charge >= 0.3 is 0 Å². The Morgan fingerprint density at radius 3 is 2.25 bits per heavy atom. The van der Waals surface area contributed by atoms with Crippen molar-refractivity contribution in [1.82, 2.24) is 0 Å². The van der Waals surface area contributed by atoms with E-state index < -0.39 is 0 Å². The highest BCUT2D eigenvalue weighted by Crippen LogP contribution is 2.26. The first-order valence-corrected chi connectivity index (χ1v) is 5.32. The van der Waals surface area contributed by atoms with Gasteiger partial charge in [0.05, 0.1) is 0 Å². The lowest BCUT2D eigenvalue weighted by atomic mass is 10.2. The molecule has 16 heavy (non-hydrogen) atoms. The molecule has 2 rings (SSSR count). The zero-order valence-corrected chi connectivity index (χ0v) is 9.66. The second-order valence-corrected chi connectivity index (χ2v) is 3.99. The van der Waals surface area contributed by atoms with Crippen LogP contribution in [-0.2, 0) is 0 Å². The third kappa shape index (κ3) is 2.47. The van der Waals surface area contributed by atoms with Crippen LogP contribution in [-0.4, -0.2) is 0 Å². The quantitative estimate of drug-likeness (QED) is 0.795. The molecular weight excluding hydrogens is 222 g/mol. The molecule has 82 valence electrons. The number of ether oxygens (including phenoxy) is 1. The van der Waals surface area contributed by atoms with Gasteiger partial charge in [-0.15, -0.1) is 0 Å². The number of rotatable bonds is 2. The van der Waals surface area contributed by atoms with Crippen LogP contribution in [0.25, 0.3) is 0 Å². The molecular formula is C13H12ClNO. The zero-order chi connectivity index (χ0) is 11.5. The molecule has 0 heterocycles. The lowest BCUT2D eigenvalue weighted by molar-refractivity contribution is 0.482. The number of aryl methyl sites for hydroxylation is 1. The number of nitrogen functional groups attached to an aromatic ring is 1. The molecule has 0 aromatic heterocycles. The van der Waals surface area contributed by atoms with E-state index in [2.05, 4.69) is 0 Å². The van der Waals surface area contributed by atoms with Gasteiger partial charge in [-0.25, -0.2) is 0 Å². The van der Waals surface area contributed by atoms with E-state index in [0.29, 0.717) is 0 Å². The molecule has 0 saturated carbocycles. The Morgan fingerprint density at radius 1 is 1.00 bits per heavy atom. The second-order valence-electron chi connectivity index (χ2n) is 3.58. The Labute approximate surface area is 99.6 Å². The van der Waals surface area contributed by atoms with Crippen molar-refractivity contribution in [1.29, 1.82) is 0 Å². The highest BCUT2D eigenvalue weighted by atomic mass is 35.5. The average molecular weight is 234 g/mol. The molecule has 0 unspecified atom stereocenters. The summed E-state index contributed by atoms with van der Waals surface area (Å²) < 4.78 is 5.65. The Kier molecular flexibility index (Phi) is 3.02. The van der Waals surface area contributed by atoms with E-state index in [1.807, 2.05) is 37.3 Å². The fourth-order valence-corrected chi connectivity index (χ4v) is 1.47. The Morgan fingerprint density at radius 2 is 1.62 bits per heavy atom. The molecule has 0 spiro atoms. The second kappa shape index (κ2) is 4.45. The van der Waals surface area contributed by atoms with Gasteiger partial charge in [-0.3, -0.25) is 0 Å². The van der Waals surface area contributed by atoms with Crippen LogP contribution in [0.4, 0.5) is 5.69 Å². The Hall–Kier alpha value is -1.67. The van der Waals surface area contributed by atoms with Crippen LogP contribution >= 0.6 is 11.6 Å². The lowest BCUT2D eigenvalue weighted by Crippen LogP contribution is -1.87. The van der Waals surface area contributed by atoms with Crippen molar-refractivity contribution in [3.63, 3.8) is 0 Å². The number of halogens is 1. The molecule has 2 aromatic rings. The van der Waals surface area contributed by atoms with Crippen molar-refractivity contribution in [2.24, 2.45) is 0 Å². The SMILES string of the molecule is Cc1cc(Oc2ccc(N)cc2)ccc1Cl. The molecule has 0 aliphatic carbocycles. The van der Waals surface area contributed by atoms with Gasteiger partial charge in [0.25, 0.3) is 0 Å². The smallest absolute Gasteiger partial charge is 0.127 e. The van der Waals surface area contributed by atoms with Crippen LogP contribution < -0.4 is 10.5 Å². The van der Waals surface area contributed by atoms with Crippen molar-refractivity contribution in [3.05, 3.63) is 53.1 Å². The van der Waals surface area contributed by atoms with Gasteiger partial charge in [-0.2, -0.15) is 0 Å². The standard InChI is InChI=1S/C13H12ClNO/c1-9-8-12(6-7-13(9)14)16-11-4-2-10(15)3-5-11/h2-8H,15H2,1H3. The summed E-state index contributed by atoms with van der Waals surface area (Å²) in [6.07, 6.45) is 0. The predicted octanol–water partition coefficient (Wildman–Crippen LogP) is 4.02. The first kappa shape index (κ1) is 10.8. The third-order valence-electron chi connectivity index (χ3n) is 2.25. The van der Waals surface area contributed by atoms with E-state index in [-0.39, 0.29) is 0 Å². The summed E-state index contributed by atoms with van der Waals surface area (Å²) in [5.41, 5.74) is 7.31. The van der Waals surface area contributed by atoms with Gasteiger partial charge in [-0.1, -0.05) is 11.6 Å². The van der Waals surface area contributed by atoms with Crippen molar-refractivity contribution in [3.8, 4) is 11.5 Å². The molecule has 2 aromatic carbocycles. The van der Waals surface area contributed by atoms with Crippen LogP contribution in [0.3, 0.4) is 0 Å². The first-order chi connectivity index (χ1) is 7.65. The number of hydrogen-bond donors (Lipinski definition) is 1. The molecule has 0 aliphatic heterocycles. The van der Waals surface area contributed by atoms with Crippen LogP contribution in [0.5, 0.6) is 11.5 Å². The van der Waals surface area contributed by atoms with Gasteiger partial charge in [0, 0.05) is 10.7 Å². The third-order valence-corrected chi connectivity index (χ3v) is 2.67. The molecule has 3 heteroatoms. The van der Waals surface area contributed by atoms with Crippen LogP contribution in [0.2, 0.25) is 5.02 Å². The van der Waals surface area contributed by atoms with Gasteiger partial charge in [0.1, 0.15) is 11.5 Å². The number of nitrogens with two attached hydrogens (primary N) is 1. The summed E-state index contributed by atoms with van der Waals surface area (Å²) in [5, 5.41) is 0.740. The van der Waals surface area contributed by atoms with Gasteiger partial charge < -0.3 is 10.5 Å². The molecule has 0 saturated heterocycles. The minimum Gasteiger partial charge on any atom is -0.457 e. The normalized spacial score (nSPS) is 10.1. The fourth-order valence-electron chi connectivity index (χ4n) is 1.35. The Balaban J connectivity index is 2.20. The largest absolute Gasteiger partial charge is 0.457 e. The van der Waals surface area contributed by atoms with E-state index in [0.717, 1.165) is 27.8 Å². The zero-order valence-electron chi connectivity index (χ0n) is 8.91. The molecule has 0 amide bonds. The lowest BCUT2D eigenvalue weighted by Gasteiger charge is -2.07. The van der Waals surface area contributed by atoms with E-state index in [1.54, 1.807) is 12.1 Å². The van der Waals surface area contributed by atoms with E-state index >= 15 is 0 Å². The number of hydrogen-bond acceptors (Lipinski definition) is 2. The highest BCUT2D eigenvalue weighted by Gasteiger charge is 2.00. The van der Waals surface area contributed by atoms with Crippen LogP contribution in [0.1, 0.15) is 5.56 Å².